The fourth-order valence-electron chi connectivity index (χ4n) is 3.65. The molecule has 1 aliphatic heterocycles. The molecule has 1 aromatic heterocycles. The number of piperazine rings is 1. The summed E-state index contributed by atoms with van der Waals surface area (Å²) in [5, 5.41) is 13.6. The molecule has 1 aliphatic rings. The molecule has 8 nitrogen and oxygen atoms in total. The smallest absolute Gasteiger partial charge is 0.368 e. The van der Waals surface area contributed by atoms with Gasteiger partial charge in [0.2, 0.25) is 17.3 Å². The molecular weight excluding hydrogens is 555 g/mol. The maximum absolute atomic E-state index is 14.2. The number of halogens is 11. The number of aromatic nitrogens is 2. The van der Waals surface area contributed by atoms with Gasteiger partial charge in [0.25, 0.3) is 0 Å². The molecule has 210 valence electrons. The fourth-order valence-corrected chi connectivity index (χ4v) is 3.65. The summed E-state index contributed by atoms with van der Waals surface area (Å²) in [6.45, 7) is -1.89. The largest absolute Gasteiger partial charge is 0.460 e. The van der Waals surface area contributed by atoms with Crippen molar-refractivity contribution in [2.45, 2.75) is 30.7 Å². The summed E-state index contributed by atoms with van der Waals surface area (Å²) in [6, 6.07) is 5.10. The van der Waals surface area contributed by atoms with E-state index in [1.807, 2.05) is 0 Å². The van der Waals surface area contributed by atoms with Crippen molar-refractivity contribution < 1.29 is 58.0 Å². The maximum atomic E-state index is 14.2. The molecule has 1 aromatic carbocycles. The summed E-state index contributed by atoms with van der Waals surface area (Å²) >= 11 is 0. The van der Waals surface area contributed by atoms with Crippen LogP contribution in [0.25, 0.3) is 0 Å². The molecule has 2 aromatic rings. The van der Waals surface area contributed by atoms with Crippen molar-refractivity contribution in [3.8, 4) is 0 Å². The van der Waals surface area contributed by atoms with E-state index in [4.69, 9.17) is 0 Å². The first-order valence-corrected chi connectivity index (χ1v) is 10.2. The Morgan fingerprint density at radius 3 is 1.89 bits per heavy atom. The zero-order valence-corrected chi connectivity index (χ0v) is 18.5. The van der Waals surface area contributed by atoms with Gasteiger partial charge in [0.05, 0.1) is 4.92 Å². The molecule has 0 atom stereocenters. The van der Waals surface area contributed by atoms with Crippen molar-refractivity contribution in [2.75, 3.05) is 31.1 Å². The van der Waals surface area contributed by atoms with Crippen LogP contribution in [-0.4, -0.2) is 63.8 Å². The highest BCUT2D eigenvalue weighted by Gasteiger charge is 2.76. The third-order valence-electron chi connectivity index (χ3n) is 5.54. The monoisotopic (exact) mass is 569 g/mol. The summed E-state index contributed by atoms with van der Waals surface area (Å²) in [4.78, 5) is 24.1. The molecule has 0 unspecified atom stereocenters. The molecule has 1 saturated heterocycles. The standard InChI is InChI=1S/C19H14F11N5O3/c20-10-1-3-11(4-2-10)32-5-7-33(8-6-32)12(36)9-34-15(17(23,24)25)13(35(37)38)14(31-34)16(21,22)18(26,27)19(28,29)30/h1-4H,5-9H2. The van der Waals surface area contributed by atoms with Crippen LogP contribution >= 0.6 is 0 Å². The summed E-state index contributed by atoms with van der Waals surface area (Å²) < 4.78 is 146. The molecule has 0 spiro atoms. The van der Waals surface area contributed by atoms with E-state index in [2.05, 4.69) is 5.10 Å². The molecule has 2 heterocycles. The molecule has 0 saturated carbocycles. The van der Waals surface area contributed by atoms with E-state index in [0.29, 0.717) is 5.69 Å². The Balaban J connectivity index is 1.94. The van der Waals surface area contributed by atoms with Crippen LogP contribution in [0.3, 0.4) is 0 Å². The maximum Gasteiger partial charge on any atom is 0.460 e. The first-order chi connectivity index (χ1) is 17.3. The van der Waals surface area contributed by atoms with Crippen molar-refractivity contribution >= 4 is 17.3 Å². The lowest BCUT2D eigenvalue weighted by molar-refractivity contribution is -0.396. The Morgan fingerprint density at radius 1 is 0.921 bits per heavy atom. The first kappa shape index (κ1) is 28.9. The fraction of sp³-hybridized carbons (Fsp3) is 0.474. The number of benzene rings is 1. The van der Waals surface area contributed by atoms with E-state index in [-0.39, 0.29) is 26.2 Å². The van der Waals surface area contributed by atoms with E-state index in [0.717, 1.165) is 17.0 Å². The van der Waals surface area contributed by atoms with Gasteiger partial charge < -0.3 is 9.80 Å². The number of rotatable bonds is 6. The van der Waals surface area contributed by atoms with Crippen LogP contribution in [0.1, 0.15) is 11.4 Å². The minimum Gasteiger partial charge on any atom is -0.368 e. The predicted octanol–water partition coefficient (Wildman–Crippen LogP) is 4.59. The Bertz CT molecular complexity index is 1200. The second kappa shape index (κ2) is 9.57. The molecule has 1 amide bonds. The van der Waals surface area contributed by atoms with Crippen LogP contribution in [0.2, 0.25) is 0 Å². The SMILES string of the molecule is O=C(Cn1nc(C(F)(F)C(F)(F)C(F)(F)F)c([N+](=O)[O-])c1C(F)(F)F)N1CCN(c2ccc(F)cc2)CC1. The van der Waals surface area contributed by atoms with Gasteiger partial charge in [-0.05, 0) is 24.3 Å². The number of hydrogen-bond donors (Lipinski definition) is 0. The molecule has 3 rings (SSSR count). The molecule has 19 heteroatoms. The second-order valence-corrected chi connectivity index (χ2v) is 7.95. The van der Waals surface area contributed by atoms with Gasteiger partial charge in [-0.25, -0.2) is 9.07 Å². The quantitative estimate of drug-likeness (QED) is 0.289. The Hall–Kier alpha value is -3.67. The zero-order valence-electron chi connectivity index (χ0n) is 18.5. The van der Waals surface area contributed by atoms with Crippen LogP contribution in [0, 0.1) is 15.9 Å². The lowest BCUT2D eigenvalue weighted by Crippen LogP contribution is -2.50. The Labute approximate surface area is 204 Å². The topological polar surface area (TPSA) is 84.5 Å². The van der Waals surface area contributed by atoms with Gasteiger partial charge in [-0.1, -0.05) is 0 Å². The van der Waals surface area contributed by atoms with Gasteiger partial charge in [-0.2, -0.15) is 49.0 Å². The molecule has 38 heavy (non-hydrogen) atoms. The number of anilines is 1. The number of alkyl halides is 10. The highest BCUT2D eigenvalue weighted by atomic mass is 19.4. The van der Waals surface area contributed by atoms with Crippen LogP contribution in [0.5, 0.6) is 0 Å². The van der Waals surface area contributed by atoms with Crippen molar-refractivity contribution in [3.63, 3.8) is 0 Å². The molecule has 0 N–H and O–H groups in total. The average molecular weight is 569 g/mol. The molecule has 1 fully saturated rings. The van der Waals surface area contributed by atoms with E-state index < -0.39 is 69.1 Å². The van der Waals surface area contributed by atoms with E-state index in [1.165, 1.54) is 12.1 Å². The highest BCUT2D eigenvalue weighted by molar-refractivity contribution is 5.76. The summed E-state index contributed by atoms with van der Waals surface area (Å²) in [5.41, 5.74) is -8.14. The minimum atomic E-state index is -7.05. The van der Waals surface area contributed by atoms with Crippen molar-refractivity contribution in [3.05, 3.63) is 51.6 Å². The molecule has 0 aliphatic carbocycles. The summed E-state index contributed by atoms with van der Waals surface area (Å²) in [6.07, 6.45) is -13.0. The predicted molar refractivity (Wildman–Crippen MR) is 104 cm³/mol. The van der Waals surface area contributed by atoms with E-state index in [9.17, 15) is 63.2 Å². The number of carbonyl (C=O) groups excluding carboxylic acids is 1. The van der Waals surface area contributed by atoms with Gasteiger partial charge in [0.1, 0.15) is 12.4 Å². The van der Waals surface area contributed by atoms with Gasteiger partial charge in [0.15, 0.2) is 0 Å². The van der Waals surface area contributed by atoms with Crippen molar-refractivity contribution in [1.82, 2.24) is 14.7 Å². The number of hydrogen-bond acceptors (Lipinski definition) is 5. The highest BCUT2D eigenvalue weighted by Crippen LogP contribution is 2.54. The lowest BCUT2D eigenvalue weighted by Gasteiger charge is -2.36. The van der Waals surface area contributed by atoms with Crippen LogP contribution in [0.4, 0.5) is 59.7 Å². The van der Waals surface area contributed by atoms with Gasteiger partial charge in [0, 0.05) is 31.9 Å². The van der Waals surface area contributed by atoms with E-state index in [1.54, 1.807) is 4.90 Å². The third-order valence-corrected chi connectivity index (χ3v) is 5.54. The first-order valence-electron chi connectivity index (χ1n) is 10.2. The number of nitro groups is 1. The molecule has 0 bridgehead atoms. The Kier molecular flexibility index (Phi) is 7.28. The van der Waals surface area contributed by atoms with Crippen LogP contribution in [0.15, 0.2) is 24.3 Å². The zero-order chi connectivity index (χ0) is 28.8. The number of carbonyl (C=O) groups is 1. The Morgan fingerprint density at radius 2 is 1.45 bits per heavy atom. The van der Waals surface area contributed by atoms with Crippen molar-refractivity contribution in [1.29, 1.82) is 0 Å². The number of amides is 1. The number of nitrogens with zero attached hydrogens (tertiary/aromatic N) is 5. The normalized spacial score (nSPS) is 15.7. The van der Waals surface area contributed by atoms with Gasteiger partial charge >= 0.3 is 29.9 Å². The van der Waals surface area contributed by atoms with Crippen LogP contribution < -0.4 is 4.90 Å². The van der Waals surface area contributed by atoms with Crippen molar-refractivity contribution in [2.24, 2.45) is 0 Å². The molecule has 0 radical (unpaired) electrons. The van der Waals surface area contributed by atoms with E-state index >= 15 is 0 Å². The third kappa shape index (κ3) is 5.17. The second-order valence-electron chi connectivity index (χ2n) is 7.95. The summed E-state index contributed by atoms with van der Waals surface area (Å²) in [7, 11) is 0. The summed E-state index contributed by atoms with van der Waals surface area (Å²) in [5.74, 6) is -15.5. The minimum absolute atomic E-state index is 0.0594. The molecular formula is C19H14F11N5O3. The van der Waals surface area contributed by atoms with Crippen LogP contribution in [-0.2, 0) is 23.4 Å². The van der Waals surface area contributed by atoms with Gasteiger partial charge in [-0.3, -0.25) is 14.9 Å². The van der Waals surface area contributed by atoms with Gasteiger partial charge in [-0.15, -0.1) is 0 Å². The lowest BCUT2D eigenvalue weighted by atomic mass is 10.1. The average Bonchev–Trinajstić information content (AvgIpc) is 3.19.